The molecule has 140 valence electrons. The molecular formula is C18H21FN2O5. The van der Waals surface area contributed by atoms with Gasteiger partial charge in [0, 0.05) is 25.3 Å². The molecule has 1 aromatic carbocycles. The van der Waals surface area contributed by atoms with Gasteiger partial charge < -0.3 is 24.0 Å². The van der Waals surface area contributed by atoms with Crippen LogP contribution in [0.15, 0.2) is 22.7 Å². The number of aromatic nitrogens is 1. The zero-order valence-corrected chi connectivity index (χ0v) is 14.7. The Kier molecular flexibility index (Phi) is 5.41. The van der Waals surface area contributed by atoms with Crippen molar-refractivity contribution < 1.29 is 28.3 Å². The number of methoxy groups -OCH3 is 1. The largest absolute Gasteiger partial charge is 0.494 e. The number of rotatable bonds is 6. The van der Waals surface area contributed by atoms with Crippen LogP contribution in [0.25, 0.3) is 11.3 Å². The molecule has 0 radical (unpaired) electrons. The number of ether oxygens (including phenoxy) is 2. The third kappa shape index (κ3) is 3.50. The van der Waals surface area contributed by atoms with Gasteiger partial charge in [0.15, 0.2) is 28.7 Å². The van der Waals surface area contributed by atoms with E-state index in [9.17, 15) is 14.3 Å². The van der Waals surface area contributed by atoms with Crippen molar-refractivity contribution in [2.75, 3.05) is 31.7 Å². The molecule has 0 unspecified atom stereocenters. The van der Waals surface area contributed by atoms with Crippen molar-refractivity contribution in [1.29, 1.82) is 0 Å². The zero-order valence-electron chi connectivity index (χ0n) is 14.7. The normalized spacial score (nSPS) is 15.3. The summed E-state index contributed by atoms with van der Waals surface area (Å²) in [7, 11) is 1.34. The van der Waals surface area contributed by atoms with Crippen LogP contribution >= 0.6 is 0 Å². The van der Waals surface area contributed by atoms with Crippen LogP contribution in [0.1, 0.15) is 30.1 Å². The van der Waals surface area contributed by atoms with E-state index in [2.05, 4.69) is 5.16 Å². The molecule has 1 aliphatic heterocycles. The Bertz CT molecular complexity index is 784. The molecule has 0 bridgehead atoms. The van der Waals surface area contributed by atoms with Gasteiger partial charge in [-0.05, 0) is 38.0 Å². The lowest BCUT2D eigenvalue weighted by molar-refractivity contribution is 0.0457. The predicted molar refractivity (Wildman–Crippen MR) is 92.3 cm³/mol. The molecule has 2 heterocycles. The van der Waals surface area contributed by atoms with Crippen LogP contribution in [0.5, 0.6) is 5.75 Å². The second-order valence-corrected chi connectivity index (χ2v) is 6.01. The van der Waals surface area contributed by atoms with Crippen LogP contribution in [-0.4, -0.2) is 49.1 Å². The highest BCUT2D eigenvalue weighted by Crippen LogP contribution is 2.35. The third-order valence-electron chi connectivity index (χ3n) is 4.45. The number of piperidine rings is 1. The molecule has 8 heteroatoms. The number of carboxylic acid groups (broad SMARTS) is 1. The van der Waals surface area contributed by atoms with Crippen LogP contribution in [0, 0.1) is 5.82 Å². The second kappa shape index (κ2) is 7.74. The summed E-state index contributed by atoms with van der Waals surface area (Å²) in [6, 6.07) is 4.04. The molecule has 0 spiro atoms. The number of hydrogen-bond donors (Lipinski definition) is 1. The van der Waals surface area contributed by atoms with Crippen molar-refractivity contribution in [3.63, 3.8) is 0 Å². The summed E-state index contributed by atoms with van der Waals surface area (Å²) in [6.45, 7) is 3.87. The van der Waals surface area contributed by atoms with Crippen molar-refractivity contribution in [3.05, 3.63) is 29.6 Å². The van der Waals surface area contributed by atoms with E-state index in [-0.39, 0.29) is 29.0 Å². The van der Waals surface area contributed by atoms with E-state index < -0.39 is 11.8 Å². The van der Waals surface area contributed by atoms with E-state index in [1.165, 1.54) is 25.3 Å². The Hall–Kier alpha value is -2.61. The molecule has 1 aliphatic rings. The molecule has 1 fully saturated rings. The first-order chi connectivity index (χ1) is 12.5. The first-order valence-corrected chi connectivity index (χ1v) is 8.48. The van der Waals surface area contributed by atoms with E-state index in [1.54, 1.807) is 0 Å². The maximum atomic E-state index is 13.6. The fraction of sp³-hybridized carbons (Fsp3) is 0.444. The van der Waals surface area contributed by atoms with Crippen molar-refractivity contribution in [1.82, 2.24) is 5.16 Å². The minimum absolute atomic E-state index is 0.00863. The van der Waals surface area contributed by atoms with Gasteiger partial charge in [-0.2, -0.15) is 0 Å². The SMILES string of the molecule is CCOC1CCN(c2noc(-c3ccc(F)c(OC)c3)c2C(=O)O)CC1. The summed E-state index contributed by atoms with van der Waals surface area (Å²) in [6.07, 6.45) is 1.76. The Morgan fingerprint density at radius 1 is 1.42 bits per heavy atom. The number of halogens is 1. The lowest BCUT2D eigenvalue weighted by atomic mass is 10.0. The molecule has 7 nitrogen and oxygen atoms in total. The van der Waals surface area contributed by atoms with Crippen LogP contribution < -0.4 is 9.64 Å². The highest BCUT2D eigenvalue weighted by molar-refractivity contribution is 5.99. The number of carbonyl (C=O) groups is 1. The van der Waals surface area contributed by atoms with E-state index in [1.807, 2.05) is 11.8 Å². The monoisotopic (exact) mass is 364 g/mol. The number of hydrogen-bond acceptors (Lipinski definition) is 6. The Morgan fingerprint density at radius 2 is 2.15 bits per heavy atom. The highest BCUT2D eigenvalue weighted by Gasteiger charge is 2.30. The van der Waals surface area contributed by atoms with Crippen LogP contribution in [0.3, 0.4) is 0 Å². The highest BCUT2D eigenvalue weighted by atomic mass is 19.1. The summed E-state index contributed by atoms with van der Waals surface area (Å²) in [5.41, 5.74) is 0.358. The van der Waals surface area contributed by atoms with E-state index >= 15 is 0 Å². The smallest absolute Gasteiger partial charge is 0.343 e. The molecule has 0 amide bonds. The average molecular weight is 364 g/mol. The van der Waals surface area contributed by atoms with Crippen molar-refractivity contribution in [2.45, 2.75) is 25.9 Å². The van der Waals surface area contributed by atoms with Gasteiger partial charge in [-0.3, -0.25) is 0 Å². The molecule has 2 aromatic rings. The van der Waals surface area contributed by atoms with Gasteiger partial charge in [0.05, 0.1) is 13.2 Å². The standard InChI is InChI=1S/C18H21FN2O5/c1-3-25-12-6-8-21(9-7-12)17-15(18(22)23)16(26-20-17)11-4-5-13(19)14(10-11)24-2/h4-5,10,12H,3,6-9H2,1-2H3,(H,22,23). The van der Waals surface area contributed by atoms with E-state index in [0.717, 1.165) is 12.8 Å². The maximum absolute atomic E-state index is 13.6. The fourth-order valence-corrected chi connectivity index (χ4v) is 3.16. The van der Waals surface area contributed by atoms with Gasteiger partial charge in [0.1, 0.15) is 0 Å². The molecule has 0 atom stereocenters. The van der Waals surface area contributed by atoms with E-state index in [0.29, 0.717) is 25.3 Å². The van der Waals surface area contributed by atoms with Gasteiger partial charge in [0.25, 0.3) is 0 Å². The van der Waals surface area contributed by atoms with Gasteiger partial charge in [0.2, 0.25) is 0 Å². The van der Waals surface area contributed by atoms with Crippen molar-refractivity contribution in [3.8, 4) is 17.1 Å². The Morgan fingerprint density at radius 3 is 2.77 bits per heavy atom. The zero-order chi connectivity index (χ0) is 18.7. The summed E-state index contributed by atoms with van der Waals surface area (Å²) in [5.74, 6) is -1.31. The molecule has 1 saturated heterocycles. The van der Waals surface area contributed by atoms with Crippen LogP contribution in [0.2, 0.25) is 0 Å². The summed E-state index contributed by atoms with van der Waals surface area (Å²) in [4.78, 5) is 13.7. The van der Waals surface area contributed by atoms with Crippen molar-refractivity contribution >= 4 is 11.8 Å². The third-order valence-corrected chi connectivity index (χ3v) is 4.45. The average Bonchev–Trinajstić information content (AvgIpc) is 3.08. The molecule has 0 aliphatic carbocycles. The minimum atomic E-state index is -1.15. The van der Waals surface area contributed by atoms with Gasteiger partial charge in [-0.25, -0.2) is 9.18 Å². The number of carboxylic acids is 1. The second-order valence-electron chi connectivity index (χ2n) is 6.01. The molecular weight excluding hydrogens is 343 g/mol. The Labute approximate surface area is 150 Å². The predicted octanol–water partition coefficient (Wildman–Crippen LogP) is 3.19. The maximum Gasteiger partial charge on any atom is 0.343 e. The number of nitrogens with zero attached hydrogens (tertiary/aromatic N) is 2. The first-order valence-electron chi connectivity index (χ1n) is 8.48. The fourth-order valence-electron chi connectivity index (χ4n) is 3.16. The lowest BCUT2D eigenvalue weighted by Gasteiger charge is -2.31. The van der Waals surface area contributed by atoms with E-state index in [4.69, 9.17) is 14.0 Å². The number of aromatic carboxylic acids is 1. The van der Waals surface area contributed by atoms with Crippen LogP contribution in [-0.2, 0) is 4.74 Å². The first kappa shape index (κ1) is 18.2. The Balaban J connectivity index is 1.91. The number of benzene rings is 1. The summed E-state index contributed by atoms with van der Waals surface area (Å²) in [5, 5.41) is 13.7. The minimum Gasteiger partial charge on any atom is -0.494 e. The van der Waals surface area contributed by atoms with Crippen LogP contribution in [0.4, 0.5) is 10.2 Å². The molecule has 0 saturated carbocycles. The number of anilines is 1. The van der Waals surface area contributed by atoms with Gasteiger partial charge in [-0.15, -0.1) is 0 Å². The van der Waals surface area contributed by atoms with Crippen molar-refractivity contribution in [2.24, 2.45) is 0 Å². The van der Waals surface area contributed by atoms with Gasteiger partial charge >= 0.3 is 5.97 Å². The molecule has 26 heavy (non-hydrogen) atoms. The lowest BCUT2D eigenvalue weighted by Crippen LogP contribution is -2.38. The molecule has 1 aromatic heterocycles. The molecule has 1 N–H and O–H groups in total. The topological polar surface area (TPSA) is 85.0 Å². The van der Waals surface area contributed by atoms with Gasteiger partial charge in [-0.1, -0.05) is 5.16 Å². The summed E-state index contributed by atoms with van der Waals surface area (Å²) >= 11 is 0. The quantitative estimate of drug-likeness (QED) is 0.842. The summed E-state index contributed by atoms with van der Waals surface area (Å²) < 4.78 is 29.5. The molecule has 3 rings (SSSR count).